The maximum atomic E-state index is 3.25. The molecule has 1 aromatic carbocycles. The zero-order valence-electron chi connectivity index (χ0n) is 10.4. The summed E-state index contributed by atoms with van der Waals surface area (Å²) in [4.78, 5) is 0. The largest absolute Gasteiger partial charge is 0.0654 e. The second-order valence-corrected chi connectivity index (χ2v) is 4.49. The molecule has 0 aliphatic heterocycles. The van der Waals surface area contributed by atoms with Crippen molar-refractivity contribution in [2.75, 3.05) is 0 Å². The van der Waals surface area contributed by atoms with Gasteiger partial charge in [0.05, 0.1) is 0 Å². The van der Waals surface area contributed by atoms with Gasteiger partial charge < -0.3 is 0 Å². The van der Waals surface area contributed by atoms with Crippen LogP contribution in [0.4, 0.5) is 0 Å². The summed E-state index contributed by atoms with van der Waals surface area (Å²) in [5.74, 6) is 0. The van der Waals surface area contributed by atoms with Crippen molar-refractivity contribution in [3.63, 3.8) is 0 Å². The Morgan fingerprint density at radius 1 is 1.07 bits per heavy atom. The minimum atomic E-state index is 1.24. The Hall–Kier alpha value is -0.780. The van der Waals surface area contributed by atoms with E-state index in [0.29, 0.717) is 0 Å². The molecule has 0 unspecified atom stereocenters. The zero-order chi connectivity index (χ0) is 11.1. The van der Waals surface area contributed by atoms with Crippen LogP contribution in [-0.2, 0) is 6.42 Å². The van der Waals surface area contributed by atoms with Gasteiger partial charge in [0, 0.05) is 0 Å². The second-order valence-electron chi connectivity index (χ2n) is 4.49. The molecular formula is C15H23. The molecule has 0 spiro atoms. The highest BCUT2D eigenvalue weighted by Crippen LogP contribution is 2.14. The third-order valence-electron chi connectivity index (χ3n) is 2.96. The van der Waals surface area contributed by atoms with Gasteiger partial charge in [0.25, 0.3) is 0 Å². The van der Waals surface area contributed by atoms with E-state index in [1.165, 1.54) is 55.2 Å². The maximum absolute atomic E-state index is 3.25. The lowest BCUT2D eigenvalue weighted by Crippen LogP contribution is -1.91. The Morgan fingerprint density at radius 3 is 2.53 bits per heavy atom. The summed E-state index contributed by atoms with van der Waals surface area (Å²) in [6, 6.07) is 7.66. The van der Waals surface area contributed by atoms with Gasteiger partial charge >= 0.3 is 0 Å². The fourth-order valence-corrected chi connectivity index (χ4v) is 1.92. The van der Waals surface area contributed by atoms with Gasteiger partial charge in [-0.2, -0.15) is 0 Å². The molecule has 1 rings (SSSR count). The molecule has 0 aromatic heterocycles. The highest BCUT2D eigenvalue weighted by atomic mass is 14.0. The lowest BCUT2D eigenvalue weighted by Gasteiger charge is -2.06. The van der Waals surface area contributed by atoms with E-state index in [4.69, 9.17) is 0 Å². The summed E-state index contributed by atoms with van der Waals surface area (Å²) in [5.41, 5.74) is 4.18. The lowest BCUT2D eigenvalue weighted by molar-refractivity contribution is 0.631. The molecule has 1 aromatic rings. The van der Waals surface area contributed by atoms with Gasteiger partial charge in [-0.05, 0) is 49.4 Å². The van der Waals surface area contributed by atoms with E-state index in [9.17, 15) is 0 Å². The fourth-order valence-electron chi connectivity index (χ4n) is 1.92. The zero-order valence-corrected chi connectivity index (χ0v) is 10.4. The number of rotatable bonds is 6. The maximum Gasteiger partial charge on any atom is -0.0149 e. The van der Waals surface area contributed by atoms with E-state index in [2.05, 4.69) is 39.0 Å². The number of hydrogen-bond acceptors (Lipinski definition) is 0. The summed E-state index contributed by atoms with van der Waals surface area (Å²) in [7, 11) is 0. The van der Waals surface area contributed by atoms with Crippen LogP contribution in [0.25, 0.3) is 0 Å². The van der Waals surface area contributed by atoms with E-state index in [1.807, 2.05) is 0 Å². The molecule has 1 radical (unpaired) electrons. The molecule has 83 valence electrons. The van der Waals surface area contributed by atoms with Crippen LogP contribution in [0.2, 0.25) is 0 Å². The second kappa shape index (κ2) is 6.66. The van der Waals surface area contributed by atoms with Crippen molar-refractivity contribution in [2.45, 2.75) is 59.3 Å². The number of unbranched alkanes of at least 4 members (excludes halogenated alkanes) is 4. The highest BCUT2D eigenvalue weighted by molar-refractivity contribution is 5.29. The van der Waals surface area contributed by atoms with Crippen molar-refractivity contribution in [2.24, 2.45) is 0 Å². The van der Waals surface area contributed by atoms with Crippen LogP contribution >= 0.6 is 0 Å². The molecule has 0 N–H and O–H groups in total. The number of benzene rings is 1. The van der Waals surface area contributed by atoms with E-state index >= 15 is 0 Å². The van der Waals surface area contributed by atoms with Crippen molar-refractivity contribution >= 4 is 0 Å². The molecule has 15 heavy (non-hydrogen) atoms. The fraction of sp³-hybridized carbons (Fsp3) is 0.600. The van der Waals surface area contributed by atoms with E-state index < -0.39 is 0 Å². The van der Waals surface area contributed by atoms with Crippen molar-refractivity contribution in [3.8, 4) is 0 Å². The average molecular weight is 203 g/mol. The predicted molar refractivity (Wildman–Crippen MR) is 67.2 cm³/mol. The van der Waals surface area contributed by atoms with Crippen LogP contribution in [0.1, 0.15) is 55.7 Å². The standard InChI is InChI=1S/C15H23/c1-4-5-6-7-8-9-15-12-13(2)10-11-14(15)3/h11-12H,4-9H2,1-3H3. The van der Waals surface area contributed by atoms with E-state index in [1.54, 1.807) is 0 Å². The Morgan fingerprint density at radius 2 is 1.80 bits per heavy atom. The highest BCUT2D eigenvalue weighted by Gasteiger charge is 1.98. The molecule has 0 atom stereocenters. The number of aryl methyl sites for hydroxylation is 3. The average Bonchev–Trinajstić information content (AvgIpc) is 2.23. The Bertz CT molecular complexity index is 286. The van der Waals surface area contributed by atoms with E-state index in [-0.39, 0.29) is 0 Å². The van der Waals surface area contributed by atoms with Crippen molar-refractivity contribution in [1.29, 1.82) is 0 Å². The Balaban J connectivity index is 2.33. The van der Waals surface area contributed by atoms with Crippen molar-refractivity contribution in [1.82, 2.24) is 0 Å². The molecule has 0 heteroatoms. The first-order valence-corrected chi connectivity index (χ1v) is 6.22. The normalized spacial score (nSPS) is 10.6. The molecule has 0 heterocycles. The monoisotopic (exact) mass is 203 g/mol. The minimum Gasteiger partial charge on any atom is -0.0654 e. The third kappa shape index (κ3) is 4.51. The predicted octanol–water partition coefficient (Wildman–Crippen LogP) is 4.62. The molecule has 0 saturated heterocycles. The molecule has 0 nitrogen and oxygen atoms in total. The molecule has 0 amide bonds. The summed E-state index contributed by atoms with van der Waals surface area (Å²) in [6.45, 7) is 6.58. The first-order valence-electron chi connectivity index (χ1n) is 6.22. The summed E-state index contributed by atoms with van der Waals surface area (Å²) < 4.78 is 0. The molecular weight excluding hydrogens is 180 g/mol. The van der Waals surface area contributed by atoms with Crippen LogP contribution in [-0.4, -0.2) is 0 Å². The molecule has 0 bridgehead atoms. The van der Waals surface area contributed by atoms with Gasteiger partial charge in [0.2, 0.25) is 0 Å². The van der Waals surface area contributed by atoms with Crippen molar-refractivity contribution in [3.05, 3.63) is 34.9 Å². The van der Waals surface area contributed by atoms with Crippen LogP contribution in [0, 0.1) is 19.9 Å². The van der Waals surface area contributed by atoms with Gasteiger partial charge in [-0.3, -0.25) is 0 Å². The minimum absolute atomic E-state index is 1.24. The van der Waals surface area contributed by atoms with Crippen LogP contribution < -0.4 is 0 Å². The molecule has 0 aliphatic carbocycles. The van der Waals surface area contributed by atoms with Crippen molar-refractivity contribution < 1.29 is 0 Å². The smallest absolute Gasteiger partial charge is 0.0149 e. The van der Waals surface area contributed by atoms with Crippen LogP contribution in [0.15, 0.2) is 12.1 Å². The summed E-state index contributed by atoms with van der Waals surface area (Å²) in [6.07, 6.45) is 8.08. The van der Waals surface area contributed by atoms with Gasteiger partial charge in [0.15, 0.2) is 0 Å². The van der Waals surface area contributed by atoms with E-state index in [0.717, 1.165) is 0 Å². The number of hydrogen-bond donors (Lipinski definition) is 0. The summed E-state index contributed by atoms with van der Waals surface area (Å²) in [5, 5.41) is 0. The van der Waals surface area contributed by atoms with Gasteiger partial charge in [-0.15, -0.1) is 0 Å². The Kier molecular flexibility index (Phi) is 5.45. The SMILES string of the molecule is CCCCCCCc1cc(C)[c]cc1C. The van der Waals surface area contributed by atoms with Gasteiger partial charge in [-0.1, -0.05) is 44.7 Å². The van der Waals surface area contributed by atoms with Crippen LogP contribution in [0.5, 0.6) is 0 Å². The Labute approximate surface area is 94.7 Å². The molecule has 0 fully saturated rings. The molecule has 0 saturated carbocycles. The van der Waals surface area contributed by atoms with Crippen LogP contribution in [0.3, 0.4) is 0 Å². The quantitative estimate of drug-likeness (QED) is 0.592. The topological polar surface area (TPSA) is 0 Å². The lowest BCUT2D eigenvalue weighted by atomic mass is 9.99. The molecule has 0 aliphatic rings. The first-order chi connectivity index (χ1) is 7.24. The van der Waals surface area contributed by atoms with Gasteiger partial charge in [-0.25, -0.2) is 0 Å². The third-order valence-corrected chi connectivity index (χ3v) is 2.96. The van der Waals surface area contributed by atoms with Gasteiger partial charge in [0.1, 0.15) is 0 Å². The first kappa shape index (κ1) is 12.3. The summed E-state index contributed by atoms with van der Waals surface area (Å²) >= 11 is 0.